The molecule has 16 heavy (non-hydrogen) atoms. The molecule has 0 atom stereocenters. The van der Waals surface area contributed by atoms with E-state index >= 15 is 0 Å². The zero-order chi connectivity index (χ0) is 11.6. The van der Waals surface area contributed by atoms with Crippen molar-refractivity contribution in [3.05, 3.63) is 11.1 Å². The number of nitrogens with zero attached hydrogens (tertiary/aromatic N) is 1. The van der Waals surface area contributed by atoms with Gasteiger partial charge in [-0.25, -0.2) is 4.79 Å². The van der Waals surface area contributed by atoms with E-state index in [9.17, 15) is 4.79 Å². The van der Waals surface area contributed by atoms with Gasteiger partial charge in [-0.05, 0) is 18.4 Å². The summed E-state index contributed by atoms with van der Waals surface area (Å²) in [6.07, 6.45) is 2.41. The summed E-state index contributed by atoms with van der Waals surface area (Å²) in [5.41, 5.74) is 0.590. The number of hydrogen-bond donors (Lipinski definition) is 1. The van der Waals surface area contributed by atoms with Crippen LogP contribution in [-0.4, -0.2) is 30.1 Å². The number of rotatable bonds is 1. The maximum absolute atomic E-state index is 10.8. The van der Waals surface area contributed by atoms with Gasteiger partial charge in [0.05, 0.1) is 13.2 Å². The highest BCUT2D eigenvalue weighted by Crippen LogP contribution is 2.38. The molecule has 0 radical (unpaired) electrons. The number of carboxylic acids is 1. The second-order valence-electron chi connectivity index (χ2n) is 4.00. The molecule has 0 bridgehead atoms. The third-order valence-electron chi connectivity index (χ3n) is 3.11. The highest BCUT2D eigenvalue weighted by Gasteiger charge is 2.39. The van der Waals surface area contributed by atoms with Crippen LogP contribution in [0.2, 0.25) is 0 Å². The van der Waals surface area contributed by atoms with E-state index in [1.54, 1.807) is 6.07 Å². The Balaban J connectivity index is 2.10. The molecule has 0 unspecified atom stereocenters. The van der Waals surface area contributed by atoms with Crippen molar-refractivity contribution in [3.63, 3.8) is 0 Å². The number of hydrogen-bond acceptors (Lipinski definition) is 4. The minimum Gasteiger partial charge on any atom is -0.477 e. The van der Waals surface area contributed by atoms with E-state index in [2.05, 4.69) is 0 Å². The molecule has 2 rings (SSSR count). The smallest absolute Gasteiger partial charge is 0.346 e. The van der Waals surface area contributed by atoms with Gasteiger partial charge in [0.25, 0.3) is 0 Å². The van der Waals surface area contributed by atoms with Gasteiger partial charge < -0.3 is 14.6 Å². The van der Waals surface area contributed by atoms with Crippen LogP contribution in [-0.2, 0) is 14.3 Å². The van der Waals surface area contributed by atoms with Crippen molar-refractivity contribution in [2.75, 3.05) is 13.2 Å². The minimum absolute atomic E-state index is 0.118. The van der Waals surface area contributed by atoms with Gasteiger partial charge in [0.1, 0.15) is 11.6 Å². The van der Waals surface area contributed by atoms with Crippen LogP contribution in [0.4, 0.5) is 0 Å². The molecule has 1 aliphatic heterocycles. The van der Waals surface area contributed by atoms with Crippen LogP contribution in [0.15, 0.2) is 11.1 Å². The Hall–Kier alpha value is -1.38. The normalized spacial score (nSPS) is 23.1. The summed E-state index contributed by atoms with van der Waals surface area (Å²) in [6, 6.07) is 1.75. The molecule has 0 aromatic rings. The van der Waals surface area contributed by atoms with Gasteiger partial charge in [0, 0.05) is 12.8 Å². The average Bonchev–Trinajstić information content (AvgIpc) is 2.70. The third kappa shape index (κ3) is 1.94. The van der Waals surface area contributed by atoms with Crippen molar-refractivity contribution >= 4 is 5.97 Å². The highest BCUT2D eigenvalue weighted by atomic mass is 16.7. The molecule has 2 aliphatic rings. The quantitative estimate of drug-likeness (QED) is 0.534. The summed E-state index contributed by atoms with van der Waals surface area (Å²) in [7, 11) is 0. The Morgan fingerprint density at radius 1 is 1.31 bits per heavy atom. The van der Waals surface area contributed by atoms with Crippen LogP contribution in [0.25, 0.3) is 0 Å². The predicted octanol–water partition coefficient (Wildman–Crippen LogP) is 1.21. The summed E-state index contributed by atoms with van der Waals surface area (Å²) >= 11 is 0. The molecule has 5 heteroatoms. The molecule has 86 valence electrons. The van der Waals surface area contributed by atoms with Crippen LogP contribution in [0, 0.1) is 11.3 Å². The number of allylic oxidation sites excluding steroid dienone is 1. The lowest BCUT2D eigenvalue weighted by atomic mass is 9.87. The highest BCUT2D eigenvalue weighted by molar-refractivity contribution is 5.92. The third-order valence-corrected chi connectivity index (χ3v) is 3.11. The van der Waals surface area contributed by atoms with Crippen molar-refractivity contribution < 1.29 is 19.4 Å². The van der Waals surface area contributed by atoms with Gasteiger partial charge >= 0.3 is 5.97 Å². The average molecular weight is 223 g/mol. The van der Waals surface area contributed by atoms with Gasteiger partial charge in [0.15, 0.2) is 5.79 Å². The van der Waals surface area contributed by atoms with Crippen molar-refractivity contribution in [1.82, 2.24) is 0 Å². The van der Waals surface area contributed by atoms with E-state index in [-0.39, 0.29) is 5.57 Å². The van der Waals surface area contributed by atoms with Crippen LogP contribution in [0.3, 0.4) is 0 Å². The van der Waals surface area contributed by atoms with E-state index in [4.69, 9.17) is 19.8 Å². The second-order valence-corrected chi connectivity index (χ2v) is 4.00. The summed E-state index contributed by atoms with van der Waals surface area (Å²) < 4.78 is 11.1. The van der Waals surface area contributed by atoms with Crippen LogP contribution >= 0.6 is 0 Å². The number of aliphatic carboxylic acids is 1. The van der Waals surface area contributed by atoms with Gasteiger partial charge in [-0.1, -0.05) is 0 Å². The zero-order valence-electron chi connectivity index (χ0n) is 8.86. The van der Waals surface area contributed by atoms with E-state index in [0.29, 0.717) is 44.5 Å². The molecule has 0 aromatic heterocycles. The molecular weight excluding hydrogens is 210 g/mol. The lowest BCUT2D eigenvalue weighted by molar-refractivity contribution is -0.171. The first-order valence-electron chi connectivity index (χ1n) is 5.30. The molecule has 1 N–H and O–H groups in total. The van der Waals surface area contributed by atoms with Gasteiger partial charge in [-0.15, -0.1) is 0 Å². The first-order valence-corrected chi connectivity index (χ1v) is 5.30. The SMILES string of the molecule is N#CC(C(=O)O)=C1CCC2(CC1)OCCO2. The molecule has 0 aromatic carbocycles. The van der Waals surface area contributed by atoms with Crippen LogP contribution in [0.5, 0.6) is 0 Å². The zero-order valence-corrected chi connectivity index (χ0v) is 8.86. The Morgan fingerprint density at radius 2 is 1.88 bits per heavy atom. The van der Waals surface area contributed by atoms with Crippen LogP contribution in [0.1, 0.15) is 25.7 Å². The summed E-state index contributed by atoms with van der Waals surface area (Å²) in [4.78, 5) is 10.8. The number of ether oxygens (including phenoxy) is 2. The topological polar surface area (TPSA) is 79.6 Å². The molecule has 5 nitrogen and oxygen atoms in total. The molecule has 1 heterocycles. The van der Waals surface area contributed by atoms with E-state index in [1.807, 2.05) is 0 Å². The van der Waals surface area contributed by atoms with Gasteiger partial charge in [-0.2, -0.15) is 5.26 Å². The van der Waals surface area contributed by atoms with Crippen molar-refractivity contribution in [2.24, 2.45) is 0 Å². The first-order chi connectivity index (χ1) is 7.67. The molecule has 2 fully saturated rings. The lowest BCUT2D eigenvalue weighted by Gasteiger charge is -2.32. The lowest BCUT2D eigenvalue weighted by Crippen LogP contribution is -2.33. The van der Waals surface area contributed by atoms with Crippen molar-refractivity contribution in [3.8, 4) is 6.07 Å². The molecule has 1 saturated carbocycles. The van der Waals surface area contributed by atoms with Crippen molar-refractivity contribution in [2.45, 2.75) is 31.5 Å². The molecule has 0 amide bonds. The first kappa shape index (κ1) is 11.1. The van der Waals surface area contributed by atoms with E-state index in [1.165, 1.54) is 0 Å². The fraction of sp³-hybridized carbons (Fsp3) is 0.636. The minimum atomic E-state index is -1.14. The summed E-state index contributed by atoms with van der Waals surface area (Å²) in [5.74, 6) is -1.65. The molecule has 1 spiro atoms. The number of carbonyl (C=O) groups is 1. The van der Waals surface area contributed by atoms with E-state index < -0.39 is 11.8 Å². The van der Waals surface area contributed by atoms with Crippen LogP contribution < -0.4 is 0 Å². The summed E-state index contributed by atoms with van der Waals surface area (Å²) in [6.45, 7) is 1.20. The molecule has 1 saturated heterocycles. The molecule has 1 aliphatic carbocycles. The Labute approximate surface area is 93.3 Å². The summed E-state index contributed by atoms with van der Waals surface area (Å²) in [5, 5.41) is 17.6. The Morgan fingerprint density at radius 3 is 2.31 bits per heavy atom. The maximum atomic E-state index is 10.8. The van der Waals surface area contributed by atoms with E-state index in [0.717, 1.165) is 0 Å². The Kier molecular flexibility index (Phi) is 2.95. The monoisotopic (exact) mass is 223 g/mol. The predicted molar refractivity (Wildman–Crippen MR) is 53.4 cm³/mol. The number of carboxylic acid groups (broad SMARTS) is 1. The maximum Gasteiger partial charge on any atom is 0.346 e. The van der Waals surface area contributed by atoms with Crippen molar-refractivity contribution in [1.29, 1.82) is 5.26 Å². The fourth-order valence-electron chi connectivity index (χ4n) is 2.25. The Bertz CT molecular complexity index is 362. The molecular formula is C11H13NO4. The number of nitriles is 1. The standard InChI is InChI=1S/C11H13NO4/c12-7-9(10(13)14)8-1-3-11(4-2-8)15-5-6-16-11/h1-6H2,(H,13,14). The van der Waals surface area contributed by atoms with Gasteiger partial charge in [-0.3, -0.25) is 0 Å². The largest absolute Gasteiger partial charge is 0.477 e. The second kappa shape index (κ2) is 4.24. The van der Waals surface area contributed by atoms with Gasteiger partial charge in [0.2, 0.25) is 0 Å². The fourth-order valence-corrected chi connectivity index (χ4v) is 2.25.